The van der Waals surface area contributed by atoms with Gasteiger partial charge < -0.3 is 10.1 Å². The minimum Gasteiger partial charge on any atom is -0.492 e. The number of amides is 1. The molecule has 29 heavy (non-hydrogen) atoms. The predicted molar refractivity (Wildman–Crippen MR) is 112 cm³/mol. The Labute approximate surface area is 172 Å². The monoisotopic (exact) mass is 405 g/mol. The number of rotatable bonds is 7. The Balaban J connectivity index is 1.45. The van der Waals surface area contributed by atoms with E-state index < -0.39 is 0 Å². The zero-order chi connectivity index (χ0) is 20.1. The molecule has 2 aromatic heterocycles. The zero-order valence-corrected chi connectivity index (χ0v) is 16.6. The molecule has 1 amide bonds. The van der Waals surface area contributed by atoms with Crippen LogP contribution in [0.5, 0.6) is 5.75 Å². The molecule has 0 radical (unpaired) electrons. The van der Waals surface area contributed by atoms with Crippen molar-refractivity contribution in [3.8, 4) is 17.0 Å². The Kier molecular flexibility index (Phi) is 5.62. The van der Waals surface area contributed by atoms with E-state index in [1.165, 1.54) is 17.7 Å². The molecule has 2 heterocycles. The molecule has 0 saturated carbocycles. The second kappa shape index (κ2) is 8.66. The molecular formula is C21H19N5O2S. The Hall–Kier alpha value is -3.52. The van der Waals surface area contributed by atoms with E-state index in [1.807, 2.05) is 55.5 Å². The lowest BCUT2D eigenvalue weighted by atomic mass is 10.1. The summed E-state index contributed by atoms with van der Waals surface area (Å²) in [6.45, 7) is 2.95. The third-order valence-electron chi connectivity index (χ3n) is 4.14. The summed E-state index contributed by atoms with van der Waals surface area (Å²) in [6, 6.07) is 17.0. The second-order valence-corrected chi connectivity index (χ2v) is 7.47. The van der Waals surface area contributed by atoms with Gasteiger partial charge in [-0.1, -0.05) is 36.4 Å². The average molecular weight is 405 g/mol. The van der Waals surface area contributed by atoms with Crippen molar-refractivity contribution in [1.29, 1.82) is 0 Å². The quantitative estimate of drug-likeness (QED) is 0.502. The van der Waals surface area contributed by atoms with Gasteiger partial charge in [0.15, 0.2) is 0 Å². The maximum Gasteiger partial charge on any atom is 0.268 e. The van der Waals surface area contributed by atoms with Gasteiger partial charge in [-0.15, -0.1) is 11.3 Å². The van der Waals surface area contributed by atoms with Crippen LogP contribution in [-0.4, -0.2) is 32.3 Å². The van der Waals surface area contributed by atoms with Gasteiger partial charge in [0.2, 0.25) is 0 Å². The van der Waals surface area contributed by atoms with Crippen molar-refractivity contribution >= 4 is 22.9 Å². The number of nitrogens with one attached hydrogen (secondary N) is 1. The number of anilines is 1. The van der Waals surface area contributed by atoms with E-state index in [9.17, 15) is 4.79 Å². The Morgan fingerprint density at radius 2 is 2.03 bits per heavy atom. The fraction of sp³-hybridized carbons (Fsp3) is 0.143. The highest BCUT2D eigenvalue weighted by Gasteiger charge is 2.18. The number of ether oxygens (including phenoxy) is 1. The minimum absolute atomic E-state index is 0.186. The smallest absolute Gasteiger partial charge is 0.268 e. The number of hydrogen-bond donors (Lipinski definition) is 1. The topological polar surface area (TPSA) is 81.9 Å². The second-order valence-electron chi connectivity index (χ2n) is 6.27. The van der Waals surface area contributed by atoms with Crippen LogP contribution in [0.3, 0.4) is 0 Å². The molecule has 0 unspecified atom stereocenters. The van der Waals surface area contributed by atoms with E-state index in [-0.39, 0.29) is 5.91 Å². The van der Waals surface area contributed by atoms with E-state index in [0.717, 1.165) is 10.6 Å². The normalized spacial score (nSPS) is 10.7. The van der Waals surface area contributed by atoms with Gasteiger partial charge in [-0.3, -0.25) is 4.79 Å². The number of thiazole rings is 1. The van der Waals surface area contributed by atoms with Crippen molar-refractivity contribution in [3.63, 3.8) is 0 Å². The number of carbonyl (C=O) groups is 1. The van der Waals surface area contributed by atoms with Crippen molar-refractivity contribution < 1.29 is 9.53 Å². The van der Waals surface area contributed by atoms with Gasteiger partial charge >= 0.3 is 0 Å². The van der Waals surface area contributed by atoms with Crippen LogP contribution in [0.4, 0.5) is 5.69 Å². The molecule has 4 rings (SSSR count). The summed E-state index contributed by atoms with van der Waals surface area (Å²) in [5.74, 6) is 0.487. The van der Waals surface area contributed by atoms with Gasteiger partial charge in [-0.2, -0.15) is 5.10 Å². The maximum absolute atomic E-state index is 12.9. The van der Waals surface area contributed by atoms with E-state index in [1.54, 1.807) is 17.1 Å². The fourth-order valence-electron chi connectivity index (χ4n) is 2.83. The van der Waals surface area contributed by atoms with Gasteiger partial charge in [-0.25, -0.2) is 14.6 Å². The first-order chi connectivity index (χ1) is 14.2. The van der Waals surface area contributed by atoms with Gasteiger partial charge in [0.25, 0.3) is 5.91 Å². The number of aryl methyl sites for hydroxylation is 1. The third-order valence-corrected chi connectivity index (χ3v) is 5.10. The Bertz CT molecular complexity index is 1090. The summed E-state index contributed by atoms with van der Waals surface area (Å²) >= 11 is 1.38. The van der Waals surface area contributed by atoms with Crippen LogP contribution >= 0.6 is 11.3 Å². The lowest BCUT2D eigenvalue weighted by Crippen LogP contribution is -2.12. The molecule has 146 valence electrons. The molecule has 1 N–H and O–H groups in total. The van der Waals surface area contributed by atoms with Crippen molar-refractivity contribution in [2.45, 2.75) is 13.5 Å². The number of carbonyl (C=O) groups excluding carboxylic acids is 1. The summed E-state index contributed by atoms with van der Waals surface area (Å²) in [5, 5.41) is 7.83. The third kappa shape index (κ3) is 4.67. The molecule has 0 aliphatic rings. The molecular weight excluding hydrogens is 386 g/mol. The van der Waals surface area contributed by atoms with Crippen LogP contribution < -0.4 is 10.1 Å². The van der Waals surface area contributed by atoms with Gasteiger partial charge in [0.1, 0.15) is 29.9 Å². The van der Waals surface area contributed by atoms with E-state index >= 15 is 0 Å². The highest BCUT2D eigenvalue weighted by molar-refractivity contribution is 7.14. The molecule has 0 fully saturated rings. The molecule has 7 nitrogen and oxygen atoms in total. The van der Waals surface area contributed by atoms with Crippen molar-refractivity contribution in [3.05, 3.63) is 77.1 Å². The largest absolute Gasteiger partial charge is 0.492 e. The van der Waals surface area contributed by atoms with Crippen molar-refractivity contribution in [2.24, 2.45) is 0 Å². The van der Waals surface area contributed by atoms with Crippen molar-refractivity contribution in [2.75, 3.05) is 11.9 Å². The maximum atomic E-state index is 12.9. The molecule has 2 aromatic carbocycles. The number of aromatic nitrogens is 4. The first kappa shape index (κ1) is 18.8. The SMILES string of the molecule is Cc1nc(-c2ccccc2)c(C(=O)Nc2cccc(OCCn3cncn3)c2)s1. The summed E-state index contributed by atoms with van der Waals surface area (Å²) in [5.41, 5.74) is 2.29. The predicted octanol–water partition coefficient (Wildman–Crippen LogP) is 4.04. The van der Waals surface area contributed by atoms with Crippen LogP contribution in [0.1, 0.15) is 14.7 Å². The first-order valence-corrected chi connectivity index (χ1v) is 9.90. The van der Waals surface area contributed by atoms with Crippen LogP contribution in [0.25, 0.3) is 11.3 Å². The van der Waals surface area contributed by atoms with E-state index in [2.05, 4.69) is 20.4 Å². The first-order valence-electron chi connectivity index (χ1n) is 9.08. The Morgan fingerprint density at radius 3 is 2.83 bits per heavy atom. The van der Waals surface area contributed by atoms with Crippen molar-refractivity contribution in [1.82, 2.24) is 19.7 Å². The molecule has 0 spiro atoms. The molecule has 0 saturated heterocycles. The summed E-state index contributed by atoms with van der Waals surface area (Å²) in [4.78, 5) is 21.9. The zero-order valence-electron chi connectivity index (χ0n) is 15.8. The number of benzene rings is 2. The minimum atomic E-state index is -0.186. The summed E-state index contributed by atoms with van der Waals surface area (Å²) < 4.78 is 7.45. The lowest BCUT2D eigenvalue weighted by Gasteiger charge is -2.09. The highest BCUT2D eigenvalue weighted by atomic mass is 32.1. The highest BCUT2D eigenvalue weighted by Crippen LogP contribution is 2.29. The van der Waals surface area contributed by atoms with E-state index in [0.29, 0.717) is 35.2 Å². The number of hydrogen-bond acceptors (Lipinski definition) is 6. The molecule has 0 atom stereocenters. The van der Waals surface area contributed by atoms with Crippen LogP contribution in [-0.2, 0) is 6.54 Å². The molecule has 4 aromatic rings. The van der Waals surface area contributed by atoms with Crippen LogP contribution in [0.15, 0.2) is 67.3 Å². The van der Waals surface area contributed by atoms with Gasteiger partial charge in [-0.05, 0) is 19.1 Å². The van der Waals surface area contributed by atoms with Gasteiger partial charge in [0.05, 0.1) is 17.2 Å². The molecule has 0 bridgehead atoms. The standard InChI is InChI=1S/C21H19N5O2S/c1-15-24-19(16-6-3-2-4-7-16)20(29-15)21(27)25-17-8-5-9-18(12-17)28-11-10-26-14-22-13-23-26/h2-9,12-14H,10-11H2,1H3,(H,25,27). The average Bonchev–Trinajstić information content (AvgIpc) is 3.39. The van der Waals surface area contributed by atoms with Crippen LogP contribution in [0, 0.1) is 6.92 Å². The van der Waals surface area contributed by atoms with E-state index in [4.69, 9.17) is 4.74 Å². The molecule has 8 heteroatoms. The summed E-state index contributed by atoms with van der Waals surface area (Å²) in [7, 11) is 0. The van der Waals surface area contributed by atoms with Gasteiger partial charge in [0, 0.05) is 17.3 Å². The van der Waals surface area contributed by atoms with Crippen LogP contribution in [0.2, 0.25) is 0 Å². The number of nitrogens with zero attached hydrogens (tertiary/aromatic N) is 4. The fourth-order valence-corrected chi connectivity index (χ4v) is 3.67. The molecule has 0 aliphatic carbocycles. The summed E-state index contributed by atoms with van der Waals surface area (Å²) in [6.07, 6.45) is 3.13. The lowest BCUT2D eigenvalue weighted by molar-refractivity contribution is 0.103. The Morgan fingerprint density at radius 1 is 1.17 bits per heavy atom. The molecule has 0 aliphatic heterocycles.